The quantitative estimate of drug-likeness (QED) is 0.781. The fraction of sp³-hybridized carbons (Fsp3) is 0.714. The zero-order valence-electron chi connectivity index (χ0n) is 6.69. The van der Waals surface area contributed by atoms with Crippen LogP contribution in [0.25, 0.3) is 0 Å². The highest BCUT2D eigenvalue weighted by Gasteiger charge is 2.21. The lowest BCUT2D eigenvalue weighted by molar-refractivity contribution is 0.754. The molecule has 1 aliphatic heterocycles. The maximum Gasteiger partial charge on any atom is 0.131 e. The molecular formula is C7H11N3S2. The van der Waals surface area contributed by atoms with Crippen LogP contribution in [0.15, 0.2) is 0 Å². The maximum atomic E-state index is 5.46. The van der Waals surface area contributed by atoms with Gasteiger partial charge in [-0.2, -0.15) is 11.8 Å². The minimum absolute atomic E-state index is 0.525. The van der Waals surface area contributed by atoms with Crippen molar-refractivity contribution in [2.75, 3.05) is 11.5 Å². The van der Waals surface area contributed by atoms with Gasteiger partial charge in [-0.1, -0.05) is 11.3 Å². The van der Waals surface area contributed by atoms with Crippen LogP contribution in [0.2, 0.25) is 0 Å². The summed E-state index contributed by atoms with van der Waals surface area (Å²) < 4.78 is 0. The normalized spacial score (nSPS) is 23.2. The summed E-state index contributed by atoms with van der Waals surface area (Å²) in [5.41, 5.74) is 5.46. The molecule has 3 nitrogen and oxygen atoms in total. The Morgan fingerprint density at radius 1 is 1.50 bits per heavy atom. The van der Waals surface area contributed by atoms with E-state index in [-0.39, 0.29) is 0 Å². The van der Waals surface area contributed by atoms with E-state index in [4.69, 9.17) is 5.73 Å². The summed E-state index contributed by atoms with van der Waals surface area (Å²) in [6.45, 7) is 0.525. The molecule has 1 aromatic rings. The molecule has 2 rings (SSSR count). The Morgan fingerprint density at radius 2 is 2.42 bits per heavy atom. The Kier molecular flexibility index (Phi) is 2.63. The summed E-state index contributed by atoms with van der Waals surface area (Å²) in [6, 6.07) is 0. The average Bonchev–Trinajstić information content (AvgIpc) is 2.75. The van der Waals surface area contributed by atoms with Crippen molar-refractivity contribution in [1.82, 2.24) is 10.2 Å². The van der Waals surface area contributed by atoms with Crippen LogP contribution in [0.5, 0.6) is 0 Å². The first-order valence-corrected chi connectivity index (χ1v) is 5.97. The van der Waals surface area contributed by atoms with Gasteiger partial charge >= 0.3 is 0 Å². The second-order valence-corrected chi connectivity index (χ2v) is 5.04. The van der Waals surface area contributed by atoms with Gasteiger partial charge in [0.15, 0.2) is 0 Å². The largest absolute Gasteiger partial charge is 0.324 e. The van der Waals surface area contributed by atoms with Crippen molar-refractivity contribution in [2.24, 2.45) is 5.73 Å². The van der Waals surface area contributed by atoms with Gasteiger partial charge in [0.1, 0.15) is 10.0 Å². The van der Waals surface area contributed by atoms with E-state index in [1.54, 1.807) is 11.3 Å². The van der Waals surface area contributed by atoms with Crippen LogP contribution in [-0.2, 0) is 6.54 Å². The van der Waals surface area contributed by atoms with Crippen molar-refractivity contribution in [1.29, 1.82) is 0 Å². The van der Waals surface area contributed by atoms with E-state index in [2.05, 4.69) is 10.2 Å². The fourth-order valence-electron chi connectivity index (χ4n) is 1.24. The summed E-state index contributed by atoms with van der Waals surface area (Å²) >= 11 is 3.67. The van der Waals surface area contributed by atoms with Gasteiger partial charge in [0.2, 0.25) is 0 Å². The molecule has 0 radical (unpaired) electrons. The Bertz CT molecular complexity index is 255. The Labute approximate surface area is 79.8 Å². The highest BCUT2D eigenvalue weighted by atomic mass is 32.2. The molecule has 1 aromatic heterocycles. The molecule has 0 spiro atoms. The van der Waals surface area contributed by atoms with Gasteiger partial charge in [-0.25, -0.2) is 0 Å². The highest BCUT2D eigenvalue weighted by Crippen LogP contribution is 2.33. The molecule has 0 amide bonds. The van der Waals surface area contributed by atoms with E-state index in [0.717, 1.165) is 5.01 Å². The van der Waals surface area contributed by atoms with Gasteiger partial charge in [0.25, 0.3) is 0 Å². The molecule has 0 aromatic carbocycles. The molecule has 1 fully saturated rings. The SMILES string of the molecule is NCc1nnc(C2CCSC2)s1. The summed E-state index contributed by atoms with van der Waals surface area (Å²) in [7, 11) is 0. The Morgan fingerprint density at radius 3 is 3.00 bits per heavy atom. The second kappa shape index (κ2) is 3.72. The number of rotatable bonds is 2. The number of aromatic nitrogens is 2. The standard InChI is InChI=1S/C7H11N3S2/c8-3-6-9-10-7(12-6)5-1-2-11-4-5/h5H,1-4,8H2. The van der Waals surface area contributed by atoms with E-state index >= 15 is 0 Å². The van der Waals surface area contributed by atoms with Gasteiger partial charge in [0, 0.05) is 18.2 Å². The van der Waals surface area contributed by atoms with Crippen molar-refractivity contribution < 1.29 is 0 Å². The smallest absolute Gasteiger partial charge is 0.131 e. The third-order valence-electron chi connectivity index (χ3n) is 1.94. The second-order valence-electron chi connectivity index (χ2n) is 2.80. The van der Waals surface area contributed by atoms with Gasteiger partial charge in [-0.3, -0.25) is 0 Å². The zero-order chi connectivity index (χ0) is 8.39. The first kappa shape index (κ1) is 8.47. The number of nitrogens with two attached hydrogens (primary N) is 1. The molecule has 1 aliphatic rings. The van der Waals surface area contributed by atoms with Crippen molar-refractivity contribution in [3.8, 4) is 0 Å². The number of thioether (sulfide) groups is 1. The van der Waals surface area contributed by atoms with Gasteiger partial charge < -0.3 is 5.73 Å². The third kappa shape index (κ3) is 1.62. The molecule has 0 saturated carbocycles. The molecule has 0 aliphatic carbocycles. The zero-order valence-corrected chi connectivity index (χ0v) is 8.33. The summed E-state index contributed by atoms with van der Waals surface area (Å²) in [4.78, 5) is 0. The van der Waals surface area contributed by atoms with E-state index in [1.807, 2.05) is 11.8 Å². The van der Waals surface area contributed by atoms with E-state index in [0.29, 0.717) is 12.5 Å². The number of hydrogen-bond donors (Lipinski definition) is 1. The third-order valence-corrected chi connectivity index (χ3v) is 4.21. The maximum absolute atomic E-state index is 5.46. The van der Waals surface area contributed by atoms with Gasteiger partial charge in [-0.05, 0) is 12.2 Å². The predicted octanol–water partition coefficient (Wildman–Crippen LogP) is 1.22. The first-order valence-electron chi connectivity index (χ1n) is 4.00. The first-order chi connectivity index (χ1) is 5.90. The molecule has 5 heteroatoms. The van der Waals surface area contributed by atoms with Crippen LogP contribution in [0.3, 0.4) is 0 Å². The lowest BCUT2D eigenvalue weighted by Crippen LogP contribution is -1.94. The molecule has 2 N–H and O–H groups in total. The topological polar surface area (TPSA) is 51.8 Å². The van der Waals surface area contributed by atoms with E-state index < -0.39 is 0 Å². The molecule has 1 atom stereocenters. The van der Waals surface area contributed by atoms with E-state index in [9.17, 15) is 0 Å². The van der Waals surface area contributed by atoms with Crippen LogP contribution in [0, 0.1) is 0 Å². The summed E-state index contributed by atoms with van der Waals surface area (Å²) in [5.74, 6) is 3.12. The minimum atomic E-state index is 0.525. The number of hydrogen-bond acceptors (Lipinski definition) is 5. The molecule has 1 unspecified atom stereocenters. The van der Waals surface area contributed by atoms with Crippen LogP contribution < -0.4 is 5.73 Å². The van der Waals surface area contributed by atoms with Crippen LogP contribution in [0.4, 0.5) is 0 Å². The predicted molar refractivity (Wildman–Crippen MR) is 52.5 cm³/mol. The Balaban J connectivity index is 2.11. The molecule has 0 bridgehead atoms. The van der Waals surface area contributed by atoms with Crippen molar-refractivity contribution in [3.05, 3.63) is 10.0 Å². The minimum Gasteiger partial charge on any atom is -0.324 e. The van der Waals surface area contributed by atoms with Gasteiger partial charge in [-0.15, -0.1) is 10.2 Å². The van der Waals surface area contributed by atoms with Gasteiger partial charge in [0.05, 0.1) is 0 Å². The van der Waals surface area contributed by atoms with Crippen molar-refractivity contribution in [2.45, 2.75) is 18.9 Å². The lowest BCUT2D eigenvalue weighted by atomic mass is 10.1. The molecule has 12 heavy (non-hydrogen) atoms. The lowest BCUT2D eigenvalue weighted by Gasteiger charge is -1.99. The fourth-order valence-corrected chi connectivity index (χ4v) is 3.43. The molecule has 66 valence electrons. The van der Waals surface area contributed by atoms with Crippen molar-refractivity contribution >= 4 is 23.1 Å². The summed E-state index contributed by atoms with van der Waals surface area (Å²) in [5, 5.41) is 10.3. The van der Waals surface area contributed by atoms with E-state index in [1.165, 1.54) is 22.9 Å². The van der Waals surface area contributed by atoms with Crippen molar-refractivity contribution in [3.63, 3.8) is 0 Å². The van der Waals surface area contributed by atoms with Crippen LogP contribution in [0.1, 0.15) is 22.4 Å². The monoisotopic (exact) mass is 201 g/mol. The molecular weight excluding hydrogens is 190 g/mol. The molecule has 1 saturated heterocycles. The number of nitrogens with zero attached hydrogens (tertiary/aromatic N) is 2. The average molecular weight is 201 g/mol. The summed E-state index contributed by atoms with van der Waals surface area (Å²) in [6.07, 6.45) is 1.25. The van der Waals surface area contributed by atoms with Crippen LogP contribution in [-0.4, -0.2) is 21.7 Å². The Hall–Kier alpha value is -0.130. The van der Waals surface area contributed by atoms with Crippen LogP contribution >= 0.6 is 23.1 Å². The highest BCUT2D eigenvalue weighted by molar-refractivity contribution is 7.99. The molecule has 2 heterocycles.